The lowest BCUT2D eigenvalue weighted by Crippen LogP contribution is -2.21. The number of aryl methyl sites for hydroxylation is 1. The van der Waals surface area contributed by atoms with Crippen molar-refractivity contribution in [2.75, 3.05) is 13.7 Å². The van der Waals surface area contributed by atoms with Crippen LogP contribution < -0.4 is 10.5 Å². The van der Waals surface area contributed by atoms with Crippen molar-refractivity contribution < 1.29 is 19.7 Å². The quantitative estimate of drug-likeness (QED) is 0.732. The van der Waals surface area contributed by atoms with Gasteiger partial charge in [0.1, 0.15) is 11.5 Å². The third-order valence-corrected chi connectivity index (χ3v) is 2.81. The number of ether oxygens (including phenoxy) is 1. The highest BCUT2D eigenvalue weighted by Crippen LogP contribution is 2.37. The third kappa shape index (κ3) is 2.34. The summed E-state index contributed by atoms with van der Waals surface area (Å²) in [5.41, 5.74) is 7.06. The van der Waals surface area contributed by atoms with E-state index < -0.39 is 11.9 Å². The Kier molecular flexibility index (Phi) is 3.96. The van der Waals surface area contributed by atoms with Crippen molar-refractivity contribution in [1.82, 2.24) is 0 Å². The van der Waals surface area contributed by atoms with Gasteiger partial charge in [-0.1, -0.05) is 0 Å². The average Bonchev–Trinajstić information content (AvgIpc) is 2.26. The van der Waals surface area contributed by atoms with Crippen molar-refractivity contribution in [2.24, 2.45) is 5.73 Å². The van der Waals surface area contributed by atoms with Crippen molar-refractivity contribution in [1.29, 1.82) is 0 Å². The van der Waals surface area contributed by atoms with Crippen LogP contribution in [0.1, 0.15) is 22.6 Å². The lowest BCUT2D eigenvalue weighted by Gasteiger charge is -2.17. The van der Waals surface area contributed by atoms with Gasteiger partial charge in [0, 0.05) is 17.7 Å². The van der Waals surface area contributed by atoms with Gasteiger partial charge in [-0.05, 0) is 25.5 Å². The average molecular weight is 239 g/mol. The molecule has 1 rings (SSSR count). The first-order valence-electron chi connectivity index (χ1n) is 5.23. The second kappa shape index (κ2) is 5.05. The molecular formula is C12H17NO4. The Balaban J connectivity index is 3.41. The number of aromatic hydroxyl groups is 1. The molecule has 0 spiro atoms. The predicted molar refractivity (Wildman–Crippen MR) is 63.6 cm³/mol. The van der Waals surface area contributed by atoms with Crippen molar-refractivity contribution in [3.8, 4) is 11.5 Å². The Labute approximate surface area is 99.8 Å². The third-order valence-electron chi connectivity index (χ3n) is 2.81. The maximum atomic E-state index is 11.0. The van der Waals surface area contributed by atoms with Crippen LogP contribution in [-0.4, -0.2) is 29.8 Å². The number of carboxylic acid groups (broad SMARTS) is 1. The molecule has 0 aliphatic heterocycles. The molecule has 0 saturated heterocycles. The standard InChI is InChI=1S/C12H17NO4/c1-6-4-8(9(5-13)12(15)16)10(14)7(2)11(6)17-3/h4,9,14H,5,13H2,1-3H3,(H,15,16). The highest BCUT2D eigenvalue weighted by molar-refractivity contribution is 5.78. The summed E-state index contributed by atoms with van der Waals surface area (Å²) in [5, 5.41) is 19.0. The van der Waals surface area contributed by atoms with E-state index in [1.165, 1.54) is 7.11 Å². The number of nitrogens with two attached hydrogens (primary N) is 1. The van der Waals surface area contributed by atoms with Crippen LogP contribution in [0.25, 0.3) is 0 Å². The molecule has 0 heterocycles. The molecule has 17 heavy (non-hydrogen) atoms. The summed E-state index contributed by atoms with van der Waals surface area (Å²) in [4.78, 5) is 11.0. The zero-order valence-corrected chi connectivity index (χ0v) is 10.2. The fourth-order valence-corrected chi connectivity index (χ4v) is 1.93. The van der Waals surface area contributed by atoms with Gasteiger partial charge in [-0.15, -0.1) is 0 Å². The van der Waals surface area contributed by atoms with Crippen LogP contribution in [0.15, 0.2) is 6.07 Å². The molecule has 0 aliphatic rings. The number of phenols is 1. The second-order valence-electron chi connectivity index (χ2n) is 3.92. The molecule has 0 aromatic heterocycles. The van der Waals surface area contributed by atoms with E-state index in [2.05, 4.69) is 0 Å². The molecule has 5 heteroatoms. The minimum Gasteiger partial charge on any atom is -0.507 e. The van der Waals surface area contributed by atoms with E-state index >= 15 is 0 Å². The van der Waals surface area contributed by atoms with Gasteiger partial charge in [0.15, 0.2) is 0 Å². The number of benzene rings is 1. The van der Waals surface area contributed by atoms with E-state index in [1.807, 2.05) is 0 Å². The Hall–Kier alpha value is -1.75. The van der Waals surface area contributed by atoms with Crippen LogP contribution >= 0.6 is 0 Å². The van der Waals surface area contributed by atoms with Crippen molar-refractivity contribution in [2.45, 2.75) is 19.8 Å². The minimum atomic E-state index is -1.05. The summed E-state index contributed by atoms with van der Waals surface area (Å²) in [6, 6.07) is 1.60. The number of hydrogen-bond donors (Lipinski definition) is 3. The van der Waals surface area contributed by atoms with Gasteiger partial charge in [0.2, 0.25) is 0 Å². The van der Waals surface area contributed by atoms with Crippen LogP contribution in [0.2, 0.25) is 0 Å². The first-order chi connectivity index (χ1) is 7.93. The molecule has 0 bridgehead atoms. The number of hydrogen-bond acceptors (Lipinski definition) is 4. The zero-order valence-electron chi connectivity index (χ0n) is 10.2. The molecule has 0 amide bonds. The molecule has 1 aromatic carbocycles. The Morgan fingerprint density at radius 2 is 2.12 bits per heavy atom. The van der Waals surface area contributed by atoms with E-state index in [0.717, 1.165) is 5.56 Å². The monoisotopic (exact) mass is 239 g/mol. The molecule has 1 aromatic rings. The van der Waals surface area contributed by atoms with Gasteiger partial charge in [-0.25, -0.2) is 0 Å². The maximum Gasteiger partial charge on any atom is 0.312 e. The van der Waals surface area contributed by atoms with Crippen molar-refractivity contribution in [3.05, 3.63) is 22.8 Å². The molecule has 4 N–H and O–H groups in total. The maximum absolute atomic E-state index is 11.0. The second-order valence-corrected chi connectivity index (χ2v) is 3.92. The molecule has 0 fully saturated rings. The van der Waals surface area contributed by atoms with Gasteiger partial charge in [-0.2, -0.15) is 0 Å². The highest BCUT2D eigenvalue weighted by Gasteiger charge is 2.24. The lowest BCUT2D eigenvalue weighted by atomic mass is 9.93. The fourth-order valence-electron chi connectivity index (χ4n) is 1.93. The first kappa shape index (κ1) is 13.3. The van der Waals surface area contributed by atoms with Gasteiger partial charge in [0.05, 0.1) is 13.0 Å². The van der Waals surface area contributed by atoms with Crippen molar-refractivity contribution in [3.63, 3.8) is 0 Å². The minimum absolute atomic E-state index is 0.0614. The summed E-state index contributed by atoms with van der Waals surface area (Å²) in [6.45, 7) is 3.42. The van der Waals surface area contributed by atoms with Gasteiger partial charge in [0.25, 0.3) is 0 Å². The summed E-state index contributed by atoms with van der Waals surface area (Å²) in [6.07, 6.45) is 0. The Bertz CT molecular complexity index is 443. The SMILES string of the molecule is COc1c(C)cc(C(CN)C(=O)O)c(O)c1C. The Morgan fingerprint density at radius 1 is 1.53 bits per heavy atom. The van der Waals surface area contributed by atoms with Gasteiger partial charge < -0.3 is 20.7 Å². The number of carboxylic acids is 1. The van der Waals surface area contributed by atoms with Crippen LogP contribution in [0.5, 0.6) is 11.5 Å². The van der Waals surface area contributed by atoms with Gasteiger partial charge in [-0.3, -0.25) is 4.79 Å². The molecule has 0 radical (unpaired) electrons. The normalized spacial score (nSPS) is 12.2. The number of aliphatic carboxylic acids is 1. The summed E-state index contributed by atoms with van der Waals surface area (Å²) in [5.74, 6) is -1.46. The lowest BCUT2D eigenvalue weighted by molar-refractivity contribution is -0.138. The van der Waals surface area contributed by atoms with Crippen molar-refractivity contribution >= 4 is 5.97 Å². The topological polar surface area (TPSA) is 92.8 Å². The molecule has 0 aliphatic carbocycles. The summed E-state index contributed by atoms with van der Waals surface area (Å²) in [7, 11) is 1.51. The molecule has 1 unspecified atom stereocenters. The number of rotatable bonds is 4. The van der Waals surface area contributed by atoms with Crippen LogP contribution in [0, 0.1) is 13.8 Å². The number of methoxy groups -OCH3 is 1. The van der Waals surface area contributed by atoms with Crippen LogP contribution in [-0.2, 0) is 4.79 Å². The molecular weight excluding hydrogens is 222 g/mol. The fraction of sp³-hybridized carbons (Fsp3) is 0.417. The molecule has 1 atom stereocenters. The smallest absolute Gasteiger partial charge is 0.312 e. The van der Waals surface area contributed by atoms with Gasteiger partial charge >= 0.3 is 5.97 Å². The molecule has 0 saturated carbocycles. The summed E-state index contributed by atoms with van der Waals surface area (Å²) >= 11 is 0. The number of carbonyl (C=O) groups is 1. The molecule has 5 nitrogen and oxygen atoms in total. The largest absolute Gasteiger partial charge is 0.507 e. The van der Waals surface area contributed by atoms with E-state index in [9.17, 15) is 9.90 Å². The van der Waals surface area contributed by atoms with Crippen LogP contribution in [0.4, 0.5) is 0 Å². The van der Waals surface area contributed by atoms with E-state index in [-0.39, 0.29) is 12.3 Å². The first-order valence-corrected chi connectivity index (χ1v) is 5.23. The number of phenolic OH excluding ortho intramolecular Hbond substituents is 1. The zero-order chi connectivity index (χ0) is 13.2. The van der Waals surface area contributed by atoms with E-state index in [1.54, 1.807) is 19.9 Å². The van der Waals surface area contributed by atoms with E-state index in [0.29, 0.717) is 16.9 Å². The van der Waals surface area contributed by atoms with Crippen LogP contribution in [0.3, 0.4) is 0 Å². The molecule has 94 valence electrons. The Morgan fingerprint density at radius 3 is 2.53 bits per heavy atom. The van der Waals surface area contributed by atoms with E-state index in [4.69, 9.17) is 15.6 Å². The highest BCUT2D eigenvalue weighted by atomic mass is 16.5. The summed E-state index contributed by atoms with van der Waals surface area (Å²) < 4.78 is 5.15. The predicted octanol–water partition coefficient (Wildman–Crippen LogP) is 1.14.